The first-order valence-electron chi connectivity index (χ1n) is 9.41. The van der Waals surface area contributed by atoms with E-state index < -0.39 is 0 Å². The second-order valence-corrected chi connectivity index (χ2v) is 6.75. The lowest BCUT2D eigenvalue weighted by Gasteiger charge is -2.10. The topological polar surface area (TPSA) is 71.3 Å². The lowest BCUT2D eigenvalue weighted by molar-refractivity contribution is -0.125. The van der Waals surface area contributed by atoms with Crippen LogP contribution in [0.15, 0.2) is 46.9 Å². The summed E-state index contributed by atoms with van der Waals surface area (Å²) in [6.45, 7) is 0.949. The highest BCUT2D eigenvalue weighted by atomic mass is 16.3. The van der Waals surface area contributed by atoms with Crippen LogP contribution in [0.3, 0.4) is 0 Å². The van der Waals surface area contributed by atoms with Gasteiger partial charge in [0.15, 0.2) is 0 Å². The molecule has 3 rings (SSSR count). The van der Waals surface area contributed by atoms with Crippen molar-refractivity contribution in [2.24, 2.45) is 5.92 Å². The lowest BCUT2D eigenvalue weighted by atomic mass is 10.1. The minimum absolute atomic E-state index is 0.0298. The number of hydrogen-bond acceptors (Lipinski definition) is 3. The molecule has 2 aromatic rings. The number of nitrogens with one attached hydrogen (secondary N) is 2. The fourth-order valence-electron chi connectivity index (χ4n) is 3.31. The van der Waals surface area contributed by atoms with Crippen LogP contribution in [0, 0.1) is 5.92 Å². The predicted octanol–water partition coefficient (Wildman–Crippen LogP) is 3.30. The van der Waals surface area contributed by atoms with Gasteiger partial charge in [0.2, 0.25) is 11.8 Å². The fraction of sp³-hybridized carbons (Fsp3) is 0.429. The van der Waals surface area contributed by atoms with Gasteiger partial charge in [0.1, 0.15) is 11.5 Å². The first-order chi connectivity index (χ1) is 12.7. The highest BCUT2D eigenvalue weighted by Crippen LogP contribution is 2.24. The van der Waals surface area contributed by atoms with Crippen LogP contribution in [0.1, 0.15) is 37.9 Å². The fourth-order valence-corrected chi connectivity index (χ4v) is 3.31. The number of furan rings is 1. The summed E-state index contributed by atoms with van der Waals surface area (Å²) >= 11 is 0. The molecule has 5 nitrogen and oxygen atoms in total. The van der Waals surface area contributed by atoms with E-state index in [0.29, 0.717) is 25.9 Å². The Hall–Kier alpha value is -2.56. The van der Waals surface area contributed by atoms with Gasteiger partial charge < -0.3 is 15.1 Å². The van der Waals surface area contributed by atoms with Crippen molar-refractivity contribution in [3.63, 3.8) is 0 Å². The van der Waals surface area contributed by atoms with Gasteiger partial charge in [0, 0.05) is 37.4 Å². The Labute approximate surface area is 154 Å². The molecule has 26 heavy (non-hydrogen) atoms. The van der Waals surface area contributed by atoms with Crippen LogP contribution in [0.4, 0.5) is 0 Å². The zero-order chi connectivity index (χ0) is 18.2. The average Bonchev–Trinajstić information content (AvgIpc) is 3.36. The Morgan fingerprint density at radius 3 is 2.46 bits per heavy atom. The molecule has 2 amide bonds. The molecule has 1 heterocycles. The second-order valence-electron chi connectivity index (χ2n) is 6.75. The van der Waals surface area contributed by atoms with Crippen molar-refractivity contribution in [2.45, 2.75) is 38.5 Å². The molecule has 0 saturated heterocycles. The summed E-state index contributed by atoms with van der Waals surface area (Å²) in [5, 5.41) is 5.75. The zero-order valence-electron chi connectivity index (χ0n) is 15.0. The van der Waals surface area contributed by atoms with Crippen LogP contribution in [-0.4, -0.2) is 24.9 Å². The van der Waals surface area contributed by atoms with Gasteiger partial charge in [-0.3, -0.25) is 9.59 Å². The third-order valence-electron chi connectivity index (χ3n) is 4.79. The molecular weight excluding hydrogens is 328 g/mol. The van der Waals surface area contributed by atoms with Crippen LogP contribution in [0.2, 0.25) is 0 Å². The van der Waals surface area contributed by atoms with E-state index >= 15 is 0 Å². The number of carbonyl (C=O) groups excluding carboxylic acids is 2. The molecule has 1 aromatic carbocycles. The van der Waals surface area contributed by atoms with E-state index in [-0.39, 0.29) is 17.7 Å². The van der Waals surface area contributed by atoms with E-state index in [0.717, 1.165) is 42.8 Å². The number of benzene rings is 1. The molecule has 1 aliphatic rings. The van der Waals surface area contributed by atoms with Gasteiger partial charge in [0.25, 0.3) is 0 Å². The number of rotatable bonds is 8. The normalized spacial score (nSPS) is 14.3. The van der Waals surface area contributed by atoms with Crippen molar-refractivity contribution in [3.8, 4) is 11.3 Å². The highest BCUT2D eigenvalue weighted by Gasteiger charge is 2.21. The first-order valence-corrected chi connectivity index (χ1v) is 9.41. The maximum Gasteiger partial charge on any atom is 0.223 e. The minimum Gasteiger partial charge on any atom is -0.461 e. The summed E-state index contributed by atoms with van der Waals surface area (Å²) in [6.07, 6.45) is 5.21. The van der Waals surface area contributed by atoms with E-state index in [9.17, 15) is 9.59 Å². The molecule has 0 unspecified atom stereocenters. The highest BCUT2D eigenvalue weighted by molar-refractivity contribution is 5.79. The molecule has 2 N–H and O–H groups in total. The van der Waals surface area contributed by atoms with Crippen molar-refractivity contribution in [2.75, 3.05) is 13.1 Å². The van der Waals surface area contributed by atoms with Gasteiger partial charge >= 0.3 is 0 Å². The van der Waals surface area contributed by atoms with Crippen molar-refractivity contribution < 1.29 is 14.0 Å². The second kappa shape index (κ2) is 9.22. The first kappa shape index (κ1) is 18.2. The molecule has 1 saturated carbocycles. The molecule has 0 bridgehead atoms. The molecule has 138 valence electrons. The molecule has 1 aromatic heterocycles. The molecule has 1 fully saturated rings. The minimum atomic E-state index is -0.0298. The smallest absolute Gasteiger partial charge is 0.223 e. The van der Waals surface area contributed by atoms with Crippen LogP contribution in [0.25, 0.3) is 11.3 Å². The lowest BCUT2D eigenvalue weighted by Crippen LogP contribution is -2.37. The Morgan fingerprint density at radius 1 is 0.962 bits per heavy atom. The Morgan fingerprint density at radius 2 is 1.69 bits per heavy atom. The number of aryl methyl sites for hydroxylation is 1. The largest absolute Gasteiger partial charge is 0.461 e. The standard InChI is InChI=1S/C21H26N2O3/c24-20(22-14-15-23-21(25)17-8-4-5-9-17)13-11-18-10-12-19(26-18)16-6-2-1-3-7-16/h1-3,6-7,10,12,17H,4-5,8-9,11,13-15H2,(H,22,24)(H,23,25). The zero-order valence-corrected chi connectivity index (χ0v) is 15.0. The van der Waals surface area contributed by atoms with E-state index in [1.165, 1.54) is 0 Å². The maximum atomic E-state index is 11.9. The van der Waals surface area contributed by atoms with Gasteiger partial charge in [-0.1, -0.05) is 43.2 Å². The Balaban J connectivity index is 1.33. The third kappa shape index (κ3) is 5.22. The third-order valence-corrected chi connectivity index (χ3v) is 4.79. The van der Waals surface area contributed by atoms with Crippen LogP contribution in [0.5, 0.6) is 0 Å². The molecule has 0 spiro atoms. The summed E-state index contributed by atoms with van der Waals surface area (Å²) in [5.41, 5.74) is 1.03. The number of hydrogen-bond donors (Lipinski definition) is 2. The monoisotopic (exact) mass is 354 g/mol. The van der Waals surface area contributed by atoms with Crippen LogP contribution >= 0.6 is 0 Å². The van der Waals surface area contributed by atoms with Crippen molar-refractivity contribution in [1.82, 2.24) is 10.6 Å². The molecular formula is C21H26N2O3. The van der Waals surface area contributed by atoms with Gasteiger partial charge in [0.05, 0.1) is 0 Å². The van der Waals surface area contributed by atoms with E-state index in [2.05, 4.69) is 10.6 Å². The molecule has 0 aliphatic heterocycles. The summed E-state index contributed by atoms with van der Waals surface area (Å²) in [7, 11) is 0. The molecule has 5 heteroatoms. The van der Waals surface area contributed by atoms with E-state index in [1.54, 1.807) is 0 Å². The van der Waals surface area contributed by atoms with Gasteiger partial charge in [-0.05, 0) is 25.0 Å². The summed E-state index contributed by atoms with van der Waals surface area (Å²) in [5.74, 6) is 1.88. The summed E-state index contributed by atoms with van der Waals surface area (Å²) in [4.78, 5) is 23.8. The van der Waals surface area contributed by atoms with Crippen LogP contribution in [-0.2, 0) is 16.0 Å². The molecule has 0 atom stereocenters. The number of amides is 2. The Bertz CT molecular complexity index is 718. The summed E-state index contributed by atoms with van der Waals surface area (Å²) in [6, 6.07) is 13.7. The van der Waals surface area contributed by atoms with Crippen molar-refractivity contribution in [3.05, 3.63) is 48.2 Å². The SMILES string of the molecule is O=C(CCc1ccc(-c2ccccc2)o1)NCCNC(=O)C1CCCC1. The average molecular weight is 354 g/mol. The molecule has 0 radical (unpaired) electrons. The van der Waals surface area contributed by atoms with Crippen molar-refractivity contribution >= 4 is 11.8 Å². The van der Waals surface area contributed by atoms with Gasteiger partial charge in [-0.2, -0.15) is 0 Å². The van der Waals surface area contributed by atoms with E-state index in [1.807, 2.05) is 42.5 Å². The quantitative estimate of drug-likeness (QED) is 0.715. The predicted molar refractivity (Wildman–Crippen MR) is 100 cm³/mol. The van der Waals surface area contributed by atoms with Gasteiger partial charge in [-0.15, -0.1) is 0 Å². The number of carbonyl (C=O) groups is 2. The Kier molecular flexibility index (Phi) is 6.47. The summed E-state index contributed by atoms with van der Waals surface area (Å²) < 4.78 is 5.80. The van der Waals surface area contributed by atoms with Crippen molar-refractivity contribution in [1.29, 1.82) is 0 Å². The van der Waals surface area contributed by atoms with E-state index in [4.69, 9.17) is 4.42 Å². The van der Waals surface area contributed by atoms with Gasteiger partial charge in [-0.25, -0.2) is 0 Å². The van der Waals surface area contributed by atoms with Crippen LogP contribution < -0.4 is 10.6 Å². The molecule has 1 aliphatic carbocycles. The maximum absolute atomic E-state index is 11.9.